The van der Waals surface area contributed by atoms with Gasteiger partial charge in [0.05, 0.1) is 18.5 Å². The summed E-state index contributed by atoms with van der Waals surface area (Å²) >= 11 is 1.000. The van der Waals surface area contributed by atoms with Gasteiger partial charge in [0, 0.05) is 18.3 Å². The van der Waals surface area contributed by atoms with Gasteiger partial charge in [-0.15, -0.1) is 0 Å². The third-order valence-electron chi connectivity index (χ3n) is 6.11. The highest BCUT2D eigenvalue weighted by molar-refractivity contribution is 8.15. The molecule has 1 aromatic heterocycles. The molecule has 12 nitrogen and oxygen atoms in total. The molecule has 2 aromatic rings. The number of ether oxygens (including phenoxy) is 3. The summed E-state index contributed by atoms with van der Waals surface area (Å²) in [7, 11) is 0. The first kappa shape index (κ1) is 28.0. The maximum absolute atomic E-state index is 11.7. The Kier molecular flexibility index (Phi) is 9.31. The third kappa shape index (κ3) is 7.07. The Morgan fingerprint density at radius 2 is 1.71 bits per heavy atom. The van der Waals surface area contributed by atoms with Crippen molar-refractivity contribution in [1.82, 2.24) is 10.3 Å². The molecule has 0 spiro atoms. The van der Waals surface area contributed by atoms with Gasteiger partial charge in [0.15, 0.2) is 12.4 Å². The van der Waals surface area contributed by atoms with Crippen LogP contribution in [0, 0.1) is 0 Å². The normalized spacial score (nSPS) is 27.2. The van der Waals surface area contributed by atoms with Gasteiger partial charge in [0.25, 0.3) is 5.24 Å². The zero-order chi connectivity index (χ0) is 27.2. The number of rotatable bonds is 11. The van der Waals surface area contributed by atoms with Gasteiger partial charge >= 0.3 is 5.97 Å². The third-order valence-corrected chi connectivity index (χ3v) is 7.09. The highest BCUT2D eigenvalue weighted by Gasteiger charge is 2.47. The highest BCUT2D eigenvalue weighted by Crippen LogP contribution is 2.24. The Balaban J connectivity index is 1.17. The second-order valence-corrected chi connectivity index (χ2v) is 10.0. The standard InChI is InChI=1S/C25H28N2O10S/c28-18-19(29)21(23(32)33)37-24(20(18)30)36-9-7-14-1-4-15(26-12-14)8-10-35-16-5-2-13(3-6-16)11-17-22(31)27-25(34)38-17/h1-6,12,17-21,24,28-30H,7-11H2,(H,32,33)(H,27,31,34)/t17?,18?,19-,20?,21?,24+/m0/s1. The first-order chi connectivity index (χ1) is 18.2. The SMILES string of the molecule is O=C1NC(=O)C(Cc2ccc(OCCc3ccc(CCO[C@@H]4OC(C(=O)O)[C@@H](O)C(O)C4O)cn3)cc2)S1. The molecule has 6 atom stereocenters. The van der Waals surface area contributed by atoms with Gasteiger partial charge in [-0.2, -0.15) is 0 Å². The molecule has 2 aliphatic rings. The number of nitrogens with zero attached hydrogens (tertiary/aromatic N) is 1. The van der Waals surface area contributed by atoms with E-state index in [9.17, 15) is 29.7 Å². The molecule has 4 rings (SSSR count). The van der Waals surface area contributed by atoms with Crippen molar-refractivity contribution in [3.8, 4) is 5.75 Å². The highest BCUT2D eigenvalue weighted by atomic mass is 32.2. The Hall–Kier alpha value is -3.07. The van der Waals surface area contributed by atoms with Crippen molar-refractivity contribution < 1.29 is 49.0 Å². The number of aliphatic hydroxyl groups is 3. The fraction of sp³-hybridized carbons (Fsp3) is 0.440. The van der Waals surface area contributed by atoms with Gasteiger partial charge in [0.1, 0.15) is 24.1 Å². The average Bonchev–Trinajstić information content (AvgIpc) is 3.21. The van der Waals surface area contributed by atoms with Crippen molar-refractivity contribution in [1.29, 1.82) is 0 Å². The molecular formula is C25H28N2O10S. The fourth-order valence-electron chi connectivity index (χ4n) is 3.97. The molecule has 3 heterocycles. The minimum absolute atomic E-state index is 0.0669. The second kappa shape index (κ2) is 12.7. The topological polar surface area (TPSA) is 185 Å². The number of nitrogens with one attached hydrogen (secondary N) is 1. The maximum Gasteiger partial charge on any atom is 0.335 e. The summed E-state index contributed by atoms with van der Waals surface area (Å²) in [5.74, 6) is -1.06. The minimum atomic E-state index is -1.76. The van der Waals surface area contributed by atoms with Crippen LogP contribution in [0.3, 0.4) is 0 Å². The smallest absolute Gasteiger partial charge is 0.335 e. The lowest BCUT2D eigenvalue weighted by Crippen LogP contribution is -2.60. The van der Waals surface area contributed by atoms with E-state index in [4.69, 9.17) is 19.3 Å². The summed E-state index contributed by atoms with van der Waals surface area (Å²) in [6.07, 6.45) is -5.05. The number of thioether (sulfide) groups is 1. The van der Waals surface area contributed by atoms with Crippen molar-refractivity contribution >= 4 is 28.9 Å². The molecule has 5 N–H and O–H groups in total. The number of carbonyl (C=O) groups excluding carboxylic acids is 2. The number of amides is 2. The van der Waals surface area contributed by atoms with Crippen molar-refractivity contribution in [3.05, 3.63) is 59.4 Å². The molecule has 38 heavy (non-hydrogen) atoms. The zero-order valence-corrected chi connectivity index (χ0v) is 21.0. The average molecular weight is 549 g/mol. The first-order valence-electron chi connectivity index (χ1n) is 11.9. The molecule has 0 bridgehead atoms. The Bertz CT molecular complexity index is 1130. The van der Waals surface area contributed by atoms with E-state index in [0.717, 1.165) is 28.6 Å². The van der Waals surface area contributed by atoms with Crippen molar-refractivity contribution in [2.24, 2.45) is 0 Å². The summed E-state index contributed by atoms with van der Waals surface area (Å²) < 4.78 is 16.3. The van der Waals surface area contributed by atoms with Crippen LogP contribution in [-0.4, -0.2) is 91.7 Å². The van der Waals surface area contributed by atoms with Gasteiger partial charge in [-0.25, -0.2) is 4.79 Å². The number of hydrogen-bond acceptors (Lipinski definition) is 11. The number of pyridine rings is 1. The van der Waals surface area contributed by atoms with Crippen LogP contribution >= 0.6 is 11.8 Å². The van der Waals surface area contributed by atoms with E-state index < -0.39 is 41.9 Å². The lowest BCUT2D eigenvalue weighted by molar-refractivity contribution is -0.293. The molecule has 4 unspecified atom stereocenters. The minimum Gasteiger partial charge on any atom is -0.493 e. The van der Waals surface area contributed by atoms with E-state index in [-0.39, 0.29) is 17.8 Å². The summed E-state index contributed by atoms with van der Waals surface area (Å²) in [6.45, 7) is 0.470. The van der Waals surface area contributed by atoms with Crippen LogP contribution in [-0.2, 0) is 38.3 Å². The van der Waals surface area contributed by atoms with E-state index >= 15 is 0 Å². The molecular weight excluding hydrogens is 520 g/mol. The second-order valence-electron chi connectivity index (χ2n) is 8.84. The molecule has 13 heteroatoms. The van der Waals surface area contributed by atoms with E-state index in [1.165, 1.54) is 0 Å². The summed E-state index contributed by atoms with van der Waals surface area (Å²) in [6, 6.07) is 11.1. The van der Waals surface area contributed by atoms with E-state index in [1.54, 1.807) is 6.20 Å². The molecule has 0 saturated carbocycles. The van der Waals surface area contributed by atoms with Crippen molar-refractivity contribution in [3.63, 3.8) is 0 Å². The number of carboxylic acids is 1. The van der Waals surface area contributed by atoms with Gasteiger partial charge in [-0.1, -0.05) is 30.0 Å². The lowest BCUT2D eigenvalue weighted by atomic mass is 9.99. The predicted octanol–water partition coefficient (Wildman–Crippen LogP) is 0.0485. The zero-order valence-electron chi connectivity index (χ0n) is 20.1. The number of aliphatic carboxylic acids is 1. The van der Waals surface area contributed by atoms with Crippen LogP contribution in [0.15, 0.2) is 42.6 Å². The summed E-state index contributed by atoms with van der Waals surface area (Å²) in [4.78, 5) is 38.5. The van der Waals surface area contributed by atoms with E-state index in [1.807, 2.05) is 36.4 Å². The number of imide groups is 1. The number of carbonyl (C=O) groups is 3. The van der Waals surface area contributed by atoms with E-state index in [2.05, 4.69) is 10.3 Å². The summed E-state index contributed by atoms with van der Waals surface area (Å²) in [5, 5.41) is 40.2. The Morgan fingerprint density at radius 1 is 0.974 bits per heavy atom. The first-order valence-corrected chi connectivity index (χ1v) is 12.8. The maximum atomic E-state index is 11.7. The van der Waals surface area contributed by atoms with Crippen LogP contribution in [0.2, 0.25) is 0 Å². The Labute approximate surface area is 221 Å². The van der Waals surface area contributed by atoms with Crippen molar-refractivity contribution in [2.75, 3.05) is 13.2 Å². The molecule has 2 saturated heterocycles. The predicted molar refractivity (Wildman–Crippen MR) is 132 cm³/mol. The van der Waals surface area contributed by atoms with Crippen molar-refractivity contribution in [2.45, 2.75) is 55.2 Å². The van der Waals surface area contributed by atoms with E-state index in [0.29, 0.717) is 31.6 Å². The molecule has 0 aliphatic carbocycles. The largest absolute Gasteiger partial charge is 0.493 e. The lowest BCUT2D eigenvalue weighted by Gasteiger charge is -2.38. The van der Waals surface area contributed by atoms with Gasteiger partial charge in [-0.3, -0.25) is 19.9 Å². The van der Waals surface area contributed by atoms with Crippen LogP contribution in [0.5, 0.6) is 5.75 Å². The molecule has 204 valence electrons. The molecule has 2 aliphatic heterocycles. The van der Waals surface area contributed by atoms with Crippen LogP contribution < -0.4 is 10.1 Å². The summed E-state index contributed by atoms with van der Waals surface area (Å²) in [5.41, 5.74) is 2.58. The molecule has 2 amide bonds. The molecule has 1 aromatic carbocycles. The van der Waals surface area contributed by atoms with Gasteiger partial charge < -0.3 is 34.6 Å². The van der Waals surface area contributed by atoms with Crippen LogP contribution in [0.4, 0.5) is 4.79 Å². The number of benzene rings is 1. The van der Waals surface area contributed by atoms with Gasteiger partial charge in [0.2, 0.25) is 5.91 Å². The quantitative estimate of drug-likeness (QED) is 0.255. The Morgan fingerprint density at radius 3 is 2.34 bits per heavy atom. The van der Waals surface area contributed by atoms with Crippen LogP contribution in [0.1, 0.15) is 16.8 Å². The fourth-order valence-corrected chi connectivity index (χ4v) is 4.83. The molecule has 2 fully saturated rings. The number of aliphatic hydroxyl groups excluding tert-OH is 3. The number of aromatic nitrogens is 1. The van der Waals surface area contributed by atoms with Gasteiger partial charge in [-0.05, 0) is 42.2 Å². The monoisotopic (exact) mass is 548 g/mol. The number of hydrogen-bond donors (Lipinski definition) is 5. The van der Waals surface area contributed by atoms with Crippen LogP contribution in [0.25, 0.3) is 0 Å². The number of carboxylic acid groups (broad SMARTS) is 1. The molecule has 0 radical (unpaired) electrons.